The minimum absolute atomic E-state index is 0.203. The van der Waals surface area contributed by atoms with Crippen LogP contribution in [0.5, 0.6) is 0 Å². The van der Waals surface area contributed by atoms with Gasteiger partial charge in [0, 0.05) is 21.5 Å². The van der Waals surface area contributed by atoms with Gasteiger partial charge in [0.2, 0.25) is 0 Å². The number of halogens is 2. The first-order chi connectivity index (χ1) is 8.25. The van der Waals surface area contributed by atoms with E-state index in [0.29, 0.717) is 5.02 Å². The molecule has 0 saturated carbocycles. The largest absolute Gasteiger partial charge is 0.306 e. The summed E-state index contributed by atoms with van der Waals surface area (Å²) in [5, 5.41) is 7.08. The number of thiophene rings is 1. The van der Waals surface area contributed by atoms with E-state index >= 15 is 0 Å². The van der Waals surface area contributed by atoms with E-state index in [1.807, 2.05) is 23.5 Å². The molecule has 4 heteroatoms. The third kappa shape index (κ3) is 2.11. The smallest absolute Gasteiger partial charge is 0.0602 e. The van der Waals surface area contributed by atoms with E-state index < -0.39 is 0 Å². The van der Waals surface area contributed by atoms with Crippen LogP contribution in [0.15, 0.2) is 29.6 Å². The van der Waals surface area contributed by atoms with Crippen LogP contribution < -0.4 is 5.32 Å². The molecule has 1 nitrogen and oxygen atoms in total. The summed E-state index contributed by atoms with van der Waals surface area (Å²) in [5.74, 6) is 0. The van der Waals surface area contributed by atoms with Gasteiger partial charge in [0.25, 0.3) is 0 Å². The van der Waals surface area contributed by atoms with Crippen LogP contribution in [-0.2, 0) is 6.42 Å². The Morgan fingerprint density at radius 2 is 2.06 bits per heavy atom. The van der Waals surface area contributed by atoms with Crippen molar-refractivity contribution >= 4 is 34.5 Å². The zero-order chi connectivity index (χ0) is 11.8. The molecule has 2 heterocycles. The molecule has 0 fully saturated rings. The first-order valence-electron chi connectivity index (χ1n) is 5.50. The fraction of sp³-hybridized carbons (Fsp3) is 0.231. The Morgan fingerprint density at radius 3 is 2.88 bits per heavy atom. The van der Waals surface area contributed by atoms with Gasteiger partial charge in [0.05, 0.1) is 6.04 Å². The fourth-order valence-corrected chi connectivity index (χ4v) is 3.70. The molecule has 1 aromatic heterocycles. The van der Waals surface area contributed by atoms with Crippen LogP contribution in [0.25, 0.3) is 0 Å². The second kappa shape index (κ2) is 4.62. The number of hydrogen-bond donors (Lipinski definition) is 1. The predicted octanol–water partition coefficient (Wildman–Crippen LogP) is 4.29. The highest BCUT2D eigenvalue weighted by molar-refractivity contribution is 7.10. The van der Waals surface area contributed by atoms with Gasteiger partial charge in [-0.3, -0.25) is 0 Å². The van der Waals surface area contributed by atoms with Crippen LogP contribution in [0.4, 0.5) is 0 Å². The maximum Gasteiger partial charge on any atom is 0.0602 e. The molecule has 1 atom stereocenters. The Bertz CT molecular complexity index is 550. The molecular formula is C13H11Cl2NS. The maximum absolute atomic E-state index is 6.28. The summed E-state index contributed by atoms with van der Waals surface area (Å²) in [5.41, 5.74) is 2.46. The van der Waals surface area contributed by atoms with Crippen molar-refractivity contribution in [2.24, 2.45) is 0 Å². The van der Waals surface area contributed by atoms with Crippen molar-refractivity contribution in [1.82, 2.24) is 5.32 Å². The zero-order valence-corrected chi connectivity index (χ0v) is 11.4. The summed E-state index contributed by atoms with van der Waals surface area (Å²) in [6.45, 7) is 0.997. The summed E-state index contributed by atoms with van der Waals surface area (Å²) >= 11 is 14.0. The van der Waals surface area contributed by atoms with Gasteiger partial charge in [0.15, 0.2) is 0 Å². The van der Waals surface area contributed by atoms with Crippen LogP contribution >= 0.6 is 34.5 Å². The molecule has 17 heavy (non-hydrogen) atoms. The summed E-state index contributed by atoms with van der Waals surface area (Å²) < 4.78 is 0. The number of rotatable bonds is 1. The number of nitrogens with one attached hydrogen (secondary N) is 1. The highest BCUT2D eigenvalue weighted by Gasteiger charge is 2.23. The molecule has 0 bridgehead atoms. The molecule has 0 radical (unpaired) electrons. The summed E-state index contributed by atoms with van der Waals surface area (Å²) in [6, 6.07) is 8.10. The van der Waals surface area contributed by atoms with Crippen LogP contribution in [-0.4, -0.2) is 6.54 Å². The second-order valence-corrected chi connectivity index (χ2v) is 5.95. The molecule has 1 unspecified atom stereocenters. The minimum atomic E-state index is 0.203. The molecule has 0 aliphatic carbocycles. The van der Waals surface area contributed by atoms with Gasteiger partial charge in [-0.15, -0.1) is 11.3 Å². The van der Waals surface area contributed by atoms with Crippen molar-refractivity contribution in [3.05, 3.63) is 55.7 Å². The molecule has 1 aromatic carbocycles. The molecule has 2 aromatic rings. The average molecular weight is 284 g/mol. The van der Waals surface area contributed by atoms with Crippen molar-refractivity contribution in [3.63, 3.8) is 0 Å². The SMILES string of the molecule is Clc1ccc(C2NCCc3sccc32)c(Cl)c1. The molecule has 1 aliphatic rings. The topological polar surface area (TPSA) is 12.0 Å². The Hall–Kier alpha value is -0.540. The van der Waals surface area contributed by atoms with Gasteiger partial charge in [0.1, 0.15) is 0 Å². The average Bonchev–Trinajstić information content (AvgIpc) is 2.77. The first-order valence-corrected chi connectivity index (χ1v) is 7.14. The molecule has 1 N–H and O–H groups in total. The third-order valence-electron chi connectivity index (χ3n) is 3.06. The van der Waals surface area contributed by atoms with Gasteiger partial charge in [-0.1, -0.05) is 29.3 Å². The fourth-order valence-electron chi connectivity index (χ4n) is 2.26. The molecule has 0 amide bonds. The zero-order valence-electron chi connectivity index (χ0n) is 9.04. The van der Waals surface area contributed by atoms with E-state index in [1.165, 1.54) is 10.4 Å². The molecule has 0 spiro atoms. The van der Waals surface area contributed by atoms with Crippen molar-refractivity contribution in [2.45, 2.75) is 12.5 Å². The molecule has 1 aliphatic heterocycles. The minimum Gasteiger partial charge on any atom is -0.306 e. The van der Waals surface area contributed by atoms with Crippen LogP contribution in [0.3, 0.4) is 0 Å². The highest BCUT2D eigenvalue weighted by Crippen LogP contribution is 2.35. The van der Waals surface area contributed by atoms with E-state index in [-0.39, 0.29) is 6.04 Å². The van der Waals surface area contributed by atoms with Crippen molar-refractivity contribution in [2.75, 3.05) is 6.54 Å². The normalized spacial score (nSPS) is 19.1. The maximum atomic E-state index is 6.28. The first kappa shape index (κ1) is 11.5. The number of benzene rings is 1. The monoisotopic (exact) mass is 283 g/mol. The second-order valence-electron chi connectivity index (χ2n) is 4.10. The summed E-state index contributed by atoms with van der Waals surface area (Å²) in [4.78, 5) is 1.46. The van der Waals surface area contributed by atoms with E-state index in [4.69, 9.17) is 23.2 Å². The number of fused-ring (bicyclic) bond motifs is 1. The van der Waals surface area contributed by atoms with E-state index in [1.54, 1.807) is 6.07 Å². The van der Waals surface area contributed by atoms with E-state index in [0.717, 1.165) is 23.6 Å². The Balaban J connectivity index is 2.06. The van der Waals surface area contributed by atoms with Crippen molar-refractivity contribution in [1.29, 1.82) is 0 Å². The molecule has 88 valence electrons. The lowest BCUT2D eigenvalue weighted by Crippen LogP contribution is -2.29. The van der Waals surface area contributed by atoms with Crippen LogP contribution in [0.1, 0.15) is 22.0 Å². The Kier molecular flexibility index (Phi) is 3.14. The van der Waals surface area contributed by atoms with E-state index in [9.17, 15) is 0 Å². The Morgan fingerprint density at radius 1 is 1.18 bits per heavy atom. The third-order valence-corrected chi connectivity index (χ3v) is 4.62. The van der Waals surface area contributed by atoms with Crippen molar-refractivity contribution in [3.8, 4) is 0 Å². The van der Waals surface area contributed by atoms with Gasteiger partial charge in [-0.2, -0.15) is 0 Å². The van der Waals surface area contributed by atoms with Crippen molar-refractivity contribution < 1.29 is 0 Å². The predicted molar refractivity (Wildman–Crippen MR) is 74.3 cm³/mol. The lowest BCUT2D eigenvalue weighted by Gasteiger charge is -2.25. The molecule has 3 rings (SSSR count). The lowest BCUT2D eigenvalue weighted by atomic mass is 9.95. The standard InChI is InChI=1S/C13H11Cl2NS/c14-8-1-2-9(11(15)7-8)13-10-4-6-17-12(10)3-5-16-13/h1-2,4,6-7,13,16H,3,5H2. The molecular weight excluding hydrogens is 273 g/mol. The quantitative estimate of drug-likeness (QED) is 0.823. The van der Waals surface area contributed by atoms with Crippen LogP contribution in [0.2, 0.25) is 10.0 Å². The van der Waals surface area contributed by atoms with Gasteiger partial charge < -0.3 is 5.32 Å². The molecule has 0 saturated heterocycles. The van der Waals surface area contributed by atoms with Crippen LogP contribution in [0, 0.1) is 0 Å². The van der Waals surface area contributed by atoms with Gasteiger partial charge >= 0.3 is 0 Å². The Labute approximate surface area is 114 Å². The lowest BCUT2D eigenvalue weighted by molar-refractivity contribution is 0.575. The highest BCUT2D eigenvalue weighted by atomic mass is 35.5. The number of hydrogen-bond acceptors (Lipinski definition) is 2. The summed E-state index contributed by atoms with van der Waals surface area (Å²) in [6.07, 6.45) is 1.11. The van der Waals surface area contributed by atoms with Gasteiger partial charge in [-0.05, 0) is 41.1 Å². The van der Waals surface area contributed by atoms with Gasteiger partial charge in [-0.25, -0.2) is 0 Å². The van der Waals surface area contributed by atoms with E-state index in [2.05, 4.69) is 16.8 Å². The summed E-state index contributed by atoms with van der Waals surface area (Å²) in [7, 11) is 0.